The maximum absolute atomic E-state index is 2.18. The van der Waals surface area contributed by atoms with Crippen molar-refractivity contribution in [3.8, 4) is 0 Å². The van der Waals surface area contributed by atoms with Crippen LogP contribution in [0, 0.1) is 13.8 Å². The second-order valence-electron chi connectivity index (χ2n) is 5.73. The summed E-state index contributed by atoms with van der Waals surface area (Å²) >= 11 is 0. The van der Waals surface area contributed by atoms with Gasteiger partial charge in [-0.15, -0.1) is 0 Å². The molecule has 0 saturated heterocycles. The summed E-state index contributed by atoms with van der Waals surface area (Å²) in [5, 5.41) is 0. The lowest BCUT2D eigenvalue weighted by Gasteiger charge is -1.94. The highest BCUT2D eigenvalue weighted by molar-refractivity contribution is 5.21. The topological polar surface area (TPSA) is 0 Å². The first-order chi connectivity index (χ1) is 11.6. The molecule has 24 heavy (non-hydrogen) atoms. The predicted octanol–water partition coefficient (Wildman–Crippen LogP) is 7.25. The van der Waals surface area contributed by atoms with Crippen molar-refractivity contribution < 1.29 is 0 Å². The van der Waals surface area contributed by atoms with Gasteiger partial charge in [0.25, 0.3) is 0 Å². The third-order valence-corrected chi connectivity index (χ3v) is 3.55. The van der Waals surface area contributed by atoms with Crippen molar-refractivity contribution in [1.82, 2.24) is 0 Å². The summed E-state index contributed by atoms with van der Waals surface area (Å²) in [4.78, 5) is 0. The van der Waals surface area contributed by atoms with Gasteiger partial charge in [0, 0.05) is 0 Å². The van der Waals surface area contributed by atoms with Gasteiger partial charge in [0.2, 0.25) is 0 Å². The molecule has 0 atom stereocenters. The molecule has 0 heteroatoms. The standard InChI is InChI=1S/2C9H12.C6H10/c2*1-3-9-6-4-8(2)5-7-9;1-3-5-6-4-2/h2*4-7H,3H2,1-2H3;3-6H,1-2H3/b;;5-3-,6-4-. The van der Waals surface area contributed by atoms with Crippen LogP contribution in [-0.4, -0.2) is 0 Å². The third kappa shape index (κ3) is 11.5. The zero-order chi connectivity index (χ0) is 18.2. The highest BCUT2D eigenvalue weighted by Crippen LogP contribution is 2.03. The Morgan fingerprint density at radius 3 is 1.08 bits per heavy atom. The normalized spacial score (nSPS) is 10.1. The molecular formula is C24H34. The first-order valence-electron chi connectivity index (χ1n) is 8.92. The number of aryl methyl sites for hydroxylation is 4. The molecule has 2 aromatic rings. The third-order valence-electron chi connectivity index (χ3n) is 3.55. The van der Waals surface area contributed by atoms with Gasteiger partial charge in [-0.2, -0.15) is 0 Å². The molecule has 0 unspecified atom stereocenters. The van der Waals surface area contributed by atoms with Crippen LogP contribution in [0.15, 0.2) is 72.8 Å². The summed E-state index contributed by atoms with van der Waals surface area (Å²) in [5.41, 5.74) is 5.51. The quantitative estimate of drug-likeness (QED) is 0.522. The Morgan fingerprint density at radius 2 is 0.875 bits per heavy atom. The minimum atomic E-state index is 1.14. The molecule has 0 spiro atoms. The summed E-state index contributed by atoms with van der Waals surface area (Å²) in [6, 6.07) is 17.3. The minimum absolute atomic E-state index is 1.14. The van der Waals surface area contributed by atoms with E-state index in [4.69, 9.17) is 0 Å². The summed E-state index contributed by atoms with van der Waals surface area (Å²) in [6.07, 6.45) is 10.3. The van der Waals surface area contributed by atoms with Gasteiger partial charge in [-0.3, -0.25) is 0 Å². The highest BCUT2D eigenvalue weighted by Gasteiger charge is 1.85. The fourth-order valence-electron chi connectivity index (χ4n) is 1.87. The van der Waals surface area contributed by atoms with Crippen LogP contribution in [0.5, 0.6) is 0 Å². The summed E-state index contributed by atoms with van der Waals surface area (Å²) in [5.74, 6) is 0. The van der Waals surface area contributed by atoms with E-state index in [1.165, 1.54) is 22.3 Å². The van der Waals surface area contributed by atoms with E-state index in [0.29, 0.717) is 0 Å². The van der Waals surface area contributed by atoms with Crippen molar-refractivity contribution >= 4 is 0 Å². The Balaban J connectivity index is 0.000000340. The first kappa shape index (κ1) is 21.9. The van der Waals surface area contributed by atoms with Crippen molar-refractivity contribution in [3.05, 3.63) is 95.1 Å². The van der Waals surface area contributed by atoms with Gasteiger partial charge in [-0.05, 0) is 51.7 Å². The molecule has 0 aromatic heterocycles. The molecule has 2 rings (SSSR count). The molecule has 2 aromatic carbocycles. The Labute approximate surface area is 150 Å². The zero-order valence-corrected chi connectivity index (χ0v) is 16.3. The van der Waals surface area contributed by atoms with Gasteiger partial charge in [0.05, 0.1) is 0 Å². The number of benzene rings is 2. The molecule has 0 heterocycles. The van der Waals surface area contributed by atoms with Gasteiger partial charge >= 0.3 is 0 Å². The van der Waals surface area contributed by atoms with Crippen LogP contribution in [0.3, 0.4) is 0 Å². The molecule has 0 aliphatic heterocycles. The molecule has 0 saturated carbocycles. The molecule has 130 valence electrons. The maximum atomic E-state index is 2.18. The number of allylic oxidation sites excluding steroid dienone is 4. The Bertz CT molecular complexity index is 513. The minimum Gasteiger partial charge on any atom is -0.0877 e. The molecule has 0 aliphatic rings. The lowest BCUT2D eigenvalue weighted by atomic mass is 10.1. The van der Waals surface area contributed by atoms with Gasteiger partial charge < -0.3 is 0 Å². The van der Waals surface area contributed by atoms with E-state index in [9.17, 15) is 0 Å². The molecule has 0 amide bonds. The van der Waals surface area contributed by atoms with Crippen LogP contribution in [-0.2, 0) is 12.8 Å². The first-order valence-corrected chi connectivity index (χ1v) is 8.92. The second-order valence-corrected chi connectivity index (χ2v) is 5.73. The Hall–Kier alpha value is -2.08. The Kier molecular flexibility index (Phi) is 13.3. The molecule has 0 radical (unpaired) electrons. The average molecular weight is 323 g/mol. The van der Waals surface area contributed by atoms with Crippen molar-refractivity contribution in [3.63, 3.8) is 0 Å². The summed E-state index contributed by atoms with van der Waals surface area (Å²) < 4.78 is 0. The van der Waals surface area contributed by atoms with Crippen molar-refractivity contribution in [1.29, 1.82) is 0 Å². The fraction of sp³-hybridized carbons (Fsp3) is 0.333. The van der Waals surface area contributed by atoms with Crippen LogP contribution in [0.25, 0.3) is 0 Å². The lowest BCUT2D eigenvalue weighted by molar-refractivity contribution is 1.14. The lowest BCUT2D eigenvalue weighted by Crippen LogP contribution is -1.77. The van der Waals surface area contributed by atoms with E-state index in [1.807, 2.05) is 38.2 Å². The van der Waals surface area contributed by atoms with Crippen LogP contribution in [0.2, 0.25) is 0 Å². The smallest absolute Gasteiger partial charge is 0.0307 e. The molecule has 0 aliphatic carbocycles. The molecule has 0 bridgehead atoms. The van der Waals surface area contributed by atoms with Gasteiger partial charge in [-0.25, -0.2) is 0 Å². The molecule has 0 nitrogen and oxygen atoms in total. The van der Waals surface area contributed by atoms with E-state index in [1.54, 1.807) is 0 Å². The maximum Gasteiger partial charge on any atom is -0.0307 e. The van der Waals surface area contributed by atoms with Crippen LogP contribution < -0.4 is 0 Å². The van der Waals surface area contributed by atoms with Gasteiger partial charge in [0.15, 0.2) is 0 Å². The number of hydrogen-bond acceptors (Lipinski definition) is 0. The summed E-state index contributed by atoms with van der Waals surface area (Å²) in [6.45, 7) is 12.6. The number of rotatable bonds is 3. The van der Waals surface area contributed by atoms with E-state index in [0.717, 1.165) is 12.8 Å². The largest absolute Gasteiger partial charge is 0.0877 e. The second kappa shape index (κ2) is 14.5. The van der Waals surface area contributed by atoms with Crippen molar-refractivity contribution in [2.75, 3.05) is 0 Å². The average Bonchev–Trinajstić information content (AvgIpc) is 2.62. The van der Waals surface area contributed by atoms with E-state index in [-0.39, 0.29) is 0 Å². The zero-order valence-electron chi connectivity index (χ0n) is 16.3. The van der Waals surface area contributed by atoms with E-state index >= 15 is 0 Å². The Morgan fingerprint density at radius 1 is 0.583 bits per heavy atom. The van der Waals surface area contributed by atoms with E-state index < -0.39 is 0 Å². The number of hydrogen-bond donors (Lipinski definition) is 0. The monoisotopic (exact) mass is 322 g/mol. The van der Waals surface area contributed by atoms with Gasteiger partial charge in [0.1, 0.15) is 0 Å². The van der Waals surface area contributed by atoms with Crippen molar-refractivity contribution in [2.24, 2.45) is 0 Å². The SMILES string of the molecule is C/C=C\C=C/C.CCc1ccc(C)cc1.CCc1ccc(C)cc1. The van der Waals surface area contributed by atoms with Crippen LogP contribution in [0.1, 0.15) is 49.9 Å². The molecule has 0 N–H and O–H groups in total. The molecule has 0 fully saturated rings. The van der Waals surface area contributed by atoms with Crippen LogP contribution >= 0.6 is 0 Å². The highest BCUT2D eigenvalue weighted by atomic mass is 13.9. The van der Waals surface area contributed by atoms with E-state index in [2.05, 4.69) is 76.2 Å². The van der Waals surface area contributed by atoms with Crippen LogP contribution in [0.4, 0.5) is 0 Å². The fourth-order valence-corrected chi connectivity index (χ4v) is 1.87. The van der Waals surface area contributed by atoms with Crippen molar-refractivity contribution in [2.45, 2.75) is 54.4 Å². The predicted molar refractivity (Wildman–Crippen MR) is 111 cm³/mol. The summed E-state index contributed by atoms with van der Waals surface area (Å²) in [7, 11) is 0. The molecular weight excluding hydrogens is 288 g/mol. The van der Waals surface area contributed by atoms with Gasteiger partial charge in [-0.1, -0.05) is 97.8 Å².